The summed E-state index contributed by atoms with van der Waals surface area (Å²) in [5.74, 6) is -5.23. The first-order chi connectivity index (χ1) is 28.6. The van der Waals surface area contributed by atoms with Gasteiger partial charge >= 0.3 is 23.9 Å². The third-order valence-electron chi connectivity index (χ3n) is 8.66. The first-order valence-electron chi connectivity index (χ1n) is 19.0. The monoisotopic (exact) mass is 808 g/mol. The maximum Gasteiger partial charge on any atom is 0.329 e. The number of esters is 4. The average Bonchev–Trinajstić information content (AvgIpc) is 3.26. The molecule has 59 heavy (non-hydrogen) atoms. The number of amides is 3. The van der Waals surface area contributed by atoms with E-state index in [2.05, 4.69) is 10.6 Å². The number of ether oxygens (including phenoxy) is 4. The van der Waals surface area contributed by atoms with Crippen molar-refractivity contribution in [3.05, 3.63) is 144 Å². The molecule has 0 spiro atoms. The zero-order valence-electron chi connectivity index (χ0n) is 32.5. The van der Waals surface area contributed by atoms with E-state index < -0.39 is 73.1 Å². The Balaban J connectivity index is 1.33. The lowest BCUT2D eigenvalue weighted by molar-refractivity contribution is -0.155. The molecule has 0 aliphatic rings. The molecule has 4 rings (SSSR count). The molecule has 0 fully saturated rings. The summed E-state index contributed by atoms with van der Waals surface area (Å²) in [5.41, 5.74) is 8.46. The second-order valence-electron chi connectivity index (χ2n) is 13.2. The van der Waals surface area contributed by atoms with Crippen molar-refractivity contribution < 1.29 is 52.5 Å². The molecule has 0 radical (unpaired) electrons. The van der Waals surface area contributed by atoms with Gasteiger partial charge in [0.15, 0.2) is 0 Å². The van der Waals surface area contributed by atoms with Gasteiger partial charge in [-0.3, -0.25) is 24.0 Å². The van der Waals surface area contributed by atoms with E-state index in [9.17, 15) is 33.6 Å². The fourth-order valence-electron chi connectivity index (χ4n) is 5.47. The maximum atomic E-state index is 13.2. The van der Waals surface area contributed by atoms with Crippen molar-refractivity contribution in [2.45, 2.75) is 64.2 Å². The standard InChI is InChI=1S/C44H48N4O11/c45-27-40(51)48(23-21-38(49)46-36(43(54)58-30-34-17-9-3-10-18-34)25-41(52)56-28-32-13-5-1-6-14-32)24-22-39(50)47-37(44(55)59-31-35-19-11-4-12-20-35)26-42(53)57-29-33-15-7-2-8-16-33/h1-20,36-37H,21-31,45H2,(H,46,49)(H,47,50)/t36-,37-/m0/s1. The smallest absolute Gasteiger partial charge is 0.329 e. The topological polar surface area (TPSA) is 210 Å². The van der Waals surface area contributed by atoms with Crippen LogP contribution in [0.25, 0.3) is 0 Å². The van der Waals surface area contributed by atoms with E-state index in [-0.39, 0.29) is 52.4 Å². The van der Waals surface area contributed by atoms with Crippen molar-refractivity contribution in [3.63, 3.8) is 0 Å². The van der Waals surface area contributed by atoms with Crippen molar-refractivity contribution in [1.82, 2.24) is 15.5 Å². The van der Waals surface area contributed by atoms with Gasteiger partial charge in [-0.15, -0.1) is 0 Å². The molecule has 0 saturated heterocycles. The number of hydrogen-bond donors (Lipinski definition) is 3. The largest absolute Gasteiger partial charge is 0.461 e. The molecule has 0 aliphatic carbocycles. The second kappa shape index (κ2) is 24.7. The number of hydrogen-bond acceptors (Lipinski definition) is 12. The van der Waals surface area contributed by atoms with E-state index in [1.165, 1.54) is 4.90 Å². The Hall–Kier alpha value is -6.87. The van der Waals surface area contributed by atoms with Gasteiger partial charge in [0.25, 0.3) is 0 Å². The quantitative estimate of drug-likeness (QED) is 0.0729. The molecule has 15 nitrogen and oxygen atoms in total. The van der Waals surface area contributed by atoms with Gasteiger partial charge in [-0.2, -0.15) is 0 Å². The van der Waals surface area contributed by atoms with E-state index in [1.807, 2.05) is 12.1 Å². The van der Waals surface area contributed by atoms with Gasteiger partial charge in [0.05, 0.1) is 19.4 Å². The van der Waals surface area contributed by atoms with E-state index in [4.69, 9.17) is 24.7 Å². The minimum atomic E-state index is -1.41. The summed E-state index contributed by atoms with van der Waals surface area (Å²) < 4.78 is 21.4. The highest BCUT2D eigenvalue weighted by atomic mass is 16.5. The van der Waals surface area contributed by atoms with Gasteiger partial charge in [-0.05, 0) is 22.3 Å². The van der Waals surface area contributed by atoms with Gasteiger partial charge in [-0.1, -0.05) is 121 Å². The molecule has 15 heteroatoms. The zero-order chi connectivity index (χ0) is 42.2. The molecule has 4 aromatic rings. The van der Waals surface area contributed by atoms with E-state index in [0.717, 1.165) is 11.1 Å². The van der Waals surface area contributed by atoms with Gasteiger partial charge in [-0.25, -0.2) is 9.59 Å². The lowest BCUT2D eigenvalue weighted by atomic mass is 10.2. The van der Waals surface area contributed by atoms with E-state index in [1.54, 1.807) is 109 Å². The predicted molar refractivity (Wildman–Crippen MR) is 213 cm³/mol. The lowest BCUT2D eigenvalue weighted by Gasteiger charge is -2.23. The van der Waals surface area contributed by atoms with Crippen molar-refractivity contribution in [3.8, 4) is 0 Å². The molecular formula is C44H48N4O11. The number of nitrogens with zero attached hydrogens (tertiary/aromatic N) is 1. The third kappa shape index (κ3) is 17.0. The Morgan fingerprint density at radius 1 is 0.475 bits per heavy atom. The summed E-state index contributed by atoms with van der Waals surface area (Å²) in [6.07, 6.45) is -1.72. The normalized spacial score (nSPS) is 11.5. The minimum absolute atomic E-state index is 0.0445. The van der Waals surface area contributed by atoms with Crippen LogP contribution in [-0.2, 0) is 78.9 Å². The van der Waals surface area contributed by atoms with Crippen molar-refractivity contribution in [2.75, 3.05) is 19.6 Å². The number of benzene rings is 4. The Labute approximate surface area is 342 Å². The van der Waals surface area contributed by atoms with Gasteiger partial charge in [0, 0.05) is 25.9 Å². The van der Waals surface area contributed by atoms with Crippen LogP contribution in [0.4, 0.5) is 0 Å². The van der Waals surface area contributed by atoms with Crippen LogP contribution in [0.15, 0.2) is 121 Å². The first kappa shape index (κ1) is 44.8. The molecule has 0 saturated carbocycles. The van der Waals surface area contributed by atoms with Crippen LogP contribution in [0.2, 0.25) is 0 Å². The molecule has 4 aromatic carbocycles. The molecule has 4 N–H and O–H groups in total. The molecule has 310 valence electrons. The molecule has 0 unspecified atom stereocenters. The third-order valence-corrected chi connectivity index (χ3v) is 8.66. The average molecular weight is 809 g/mol. The number of carbonyl (C=O) groups excluding carboxylic acids is 7. The highest BCUT2D eigenvalue weighted by Gasteiger charge is 2.29. The Bertz CT molecular complexity index is 1830. The molecule has 0 heterocycles. The zero-order valence-corrected chi connectivity index (χ0v) is 32.5. The predicted octanol–water partition coefficient (Wildman–Crippen LogP) is 3.28. The van der Waals surface area contributed by atoms with Crippen LogP contribution in [-0.4, -0.2) is 78.2 Å². The van der Waals surface area contributed by atoms with Crippen molar-refractivity contribution in [1.29, 1.82) is 0 Å². The fourth-order valence-corrected chi connectivity index (χ4v) is 5.47. The summed E-state index contributed by atoms with van der Waals surface area (Å²) in [4.78, 5) is 92.0. The molecule has 0 aliphatic heterocycles. The van der Waals surface area contributed by atoms with Crippen LogP contribution in [0, 0.1) is 0 Å². The van der Waals surface area contributed by atoms with Crippen LogP contribution >= 0.6 is 0 Å². The van der Waals surface area contributed by atoms with Gasteiger partial charge in [0.2, 0.25) is 17.7 Å². The molecular weight excluding hydrogens is 761 g/mol. The van der Waals surface area contributed by atoms with Crippen molar-refractivity contribution >= 4 is 41.6 Å². The summed E-state index contributed by atoms with van der Waals surface area (Å²) in [6.45, 7) is -1.17. The van der Waals surface area contributed by atoms with Crippen molar-refractivity contribution in [2.24, 2.45) is 5.73 Å². The minimum Gasteiger partial charge on any atom is -0.461 e. The Morgan fingerprint density at radius 2 is 0.780 bits per heavy atom. The van der Waals surface area contributed by atoms with Crippen LogP contribution in [0.1, 0.15) is 47.9 Å². The Morgan fingerprint density at radius 3 is 1.08 bits per heavy atom. The van der Waals surface area contributed by atoms with E-state index in [0.29, 0.717) is 11.1 Å². The fraction of sp³-hybridized carbons (Fsp3) is 0.295. The number of nitrogens with two attached hydrogens (primary N) is 1. The second-order valence-corrected chi connectivity index (χ2v) is 13.2. The molecule has 3 amide bonds. The highest BCUT2D eigenvalue weighted by molar-refractivity contribution is 5.89. The summed E-state index contributed by atoms with van der Waals surface area (Å²) in [5, 5.41) is 5.01. The maximum absolute atomic E-state index is 13.2. The summed E-state index contributed by atoms with van der Waals surface area (Å²) >= 11 is 0. The summed E-state index contributed by atoms with van der Waals surface area (Å²) in [6, 6.07) is 32.7. The van der Waals surface area contributed by atoms with Gasteiger partial charge in [0.1, 0.15) is 38.5 Å². The van der Waals surface area contributed by atoms with Crippen LogP contribution in [0.5, 0.6) is 0 Å². The van der Waals surface area contributed by atoms with Crippen LogP contribution in [0.3, 0.4) is 0 Å². The molecule has 0 bridgehead atoms. The molecule has 2 atom stereocenters. The van der Waals surface area contributed by atoms with Crippen LogP contribution < -0.4 is 16.4 Å². The number of rotatable bonds is 23. The number of carbonyl (C=O) groups is 7. The van der Waals surface area contributed by atoms with E-state index >= 15 is 0 Å². The highest BCUT2D eigenvalue weighted by Crippen LogP contribution is 2.10. The molecule has 0 aromatic heterocycles. The lowest BCUT2D eigenvalue weighted by Crippen LogP contribution is -2.46. The number of nitrogens with one attached hydrogen (secondary N) is 2. The SMILES string of the molecule is NCC(=O)N(CCC(=O)N[C@@H](CC(=O)OCc1ccccc1)C(=O)OCc1ccccc1)CCC(=O)N[C@@H](CC(=O)OCc1ccccc1)C(=O)OCc1ccccc1. The Kier molecular flexibility index (Phi) is 18.8. The first-order valence-corrected chi connectivity index (χ1v) is 19.0. The summed E-state index contributed by atoms with van der Waals surface area (Å²) in [7, 11) is 0. The van der Waals surface area contributed by atoms with Gasteiger partial charge < -0.3 is 40.2 Å².